The van der Waals surface area contributed by atoms with Gasteiger partial charge in [0.25, 0.3) is 0 Å². The van der Waals surface area contributed by atoms with Gasteiger partial charge < -0.3 is 15.1 Å². The molecule has 0 spiro atoms. The maximum absolute atomic E-state index is 12.2. The molecule has 1 saturated heterocycles. The highest BCUT2D eigenvalue weighted by Crippen LogP contribution is 2.26. The van der Waals surface area contributed by atoms with E-state index in [0.717, 1.165) is 16.7 Å². The number of carboxylic acids is 2. The molecule has 0 aliphatic carbocycles. The van der Waals surface area contributed by atoms with E-state index in [9.17, 15) is 19.2 Å². The lowest BCUT2D eigenvalue weighted by Gasteiger charge is -2.24. The third-order valence-electron chi connectivity index (χ3n) is 3.18. The van der Waals surface area contributed by atoms with Crippen molar-refractivity contribution in [1.82, 2.24) is 4.90 Å². The van der Waals surface area contributed by atoms with Gasteiger partial charge in [-0.15, -0.1) is 0 Å². The lowest BCUT2D eigenvalue weighted by Crippen LogP contribution is -2.43. The second kappa shape index (κ2) is 6.74. The van der Waals surface area contributed by atoms with Gasteiger partial charge in [0.15, 0.2) is 5.12 Å². The average molecular weight is 303 g/mol. The smallest absolute Gasteiger partial charge is 0.326 e. The first-order valence-corrected chi connectivity index (χ1v) is 7.12. The number of amides is 1. The summed E-state index contributed by atoms with van der Waals surface area (Å²) in [5.41, 5.74) is 0. The van der Waals surface area contributed by atoms with Crippen molar-refractivity contribution >= 4 is 34.7 Å². The average Bonchev–Trinajstić information content (AvgIpc) is 2.80. The van der Waals surface area contributed by atoms with Crippen LogP contribution >= 0.6 is 11.8 Å². The van der Waals surface area contributed by atoms with E-state index in [1.807, 2.05) is 0 Å². The number of thioether (sulfide) groups is 1. The summed E-state index contributed by atoms with van der Waals surface area (Å²) in [6.45, 7) is 2.89. The highest BCUT2D eigenvalue weighted by atomic mass is 32.2. The molecule has 20 heavy (non-hydrogen) atoms. The Morgan fingerprint density at radius 3 is 2.30 bits per heavy atom. The number of hydrogen-bond donors (Lipinski definition) is 2. The molecule has 2 N–H and O–H groups in total. The zero-order valence-electron chi connectivity index (χ0n) is 11.2. The van der Waals surface area contributed by atoms with Gasteiger partial charge in [-0.3, -0.25) is 14.4 Å². The molecule has 7 nitrogen and oxygen atoms in total. The number of aliphatic carboxylic acids is 2. The van der Waals surface area contributed by atoms with Crippen LogP contribution in [0.15, 0.2) is 0 Å². The number of carboxylic acid groups (broad SMARTS) is 2. The summed E-state index contributed by atoms with van der Waals surface area (Å²) in [7, 11) is 0. The zero-order valence-corrected chi connectivity index (χ0v) is 12.1. The molecule has 0 unspecified atom stereocenters. The lowest BCUT2D eigenvalue weighted by atomic mass is 10.1. The Labute approximate surface area is 120 Å². The van der Waals surface area contributed by atoms with Gasteiger partial charge in [-0.1, -0.05) is 18.7 Å². The standard InChI is InChI=1S/C12H17NO6S/c1-6(5-20-7(2)14)10(15)13-4-8(11(16)17)3-9(13)12(18)19/h6,8-9H,3-5H2,1-2H3,(H,16,17)(H,18,19)/t6-,8-,9+/m1/s1. The van der Waals surface area contributed by atoms with Crippen LogP contribution in [0.3, 0.4) is 0 Å². The predicted octanol–water partition coefficient (Wildman–Crippen LogP) is 0.289. The van der Waals surface area contributed by atoms with E-state index in [4.69, 9.17) is 10.2 Å². The molecule has 0 aromatic carbocycles. The highest BCUT2D eigenvalue weighted by Gasteiger charge is 2.43. The Kier molecular flexibility index (Phi) is 5.55. The molecular weight excluding hydrogens is 286 g/mol. The van der Waals surface area contributed by atoms with Crippen molar-refractivity contribution in [1.29, 1.82) is 0 Å². The first-order valence-electron chi connectivity index (χ1n) is 6.13. The van der Waals surface area contributed by atoms with E-state index in [0.29, 0.717) is 0 Å². The number of rotatable bonds is 5. The van der Waals surface area contributed by atoms with Crippen LogP contribution in [0.1, 0.15) is 20.3 Å². The Hall–Kier alpha value is -1.57. The van der Waals surface area contributed by atoms with Gasteiger partial charge in [-0.25, -0.2) is 4.79 Å². The molecule has 0 aromatic rings. The van der Waals surface area contributed by atoms with Crippen LogP contribution < -0.4 is 0 Å². The summed E-state index contributed by atoms with van der Waals surface area (Å²) in [5, 5.41) is 17.9. The summed E-state index contributed by atoms with van der Waals surface area (Å²) in [5.74, 6) is -3.85. The molecule has 1 heterocycles. The Bertz CT molecular complexity index is 438. The molecule has 0 bridgehead atoms. The van der Waals surface area contributed by atoms with Gasteiger partial charge >= 0.3 is 11.9 Å². The second-order valence-corrected chi connectivity index (χ2v) is 6.02. The van der Waals surface area contributed by atoms with E-state index < -0.39 is 35.7 Å². The van der Waals surface area contributed by atoms with E-state index in [2.05, 4.69) is 0 Å². The van der Waals surface area contributed by atoms with Crippen molar-refractivity contribution in [2.45, 2.75) is 26.3 Å². The topological polar surface area (TPSA) is 112 Å². The molecule has 112 valence electrons. The van der Waals surface area contributed by atoms with Crippen LogP contribution in [0.5, 0.6) is 0 Å². The number of likely N-dealkylation sites (tertiary alicyclic amines) is 1. The highest BCUT2D eigenvalue weighted by molar-refractivity contribution is 8.13. The second-order valence-electron chi connectivity index (χ2n) is 4.82. The van der Waals surface area contributed by atoms with Crippen molar-refractivity contribution in [3.05, 3.63) is 0 Å². The van der Waals surface area contributed by atoms with Crippen LogP contribution in [-0.4, -0.2) is 56.4 Å². The first-order chi connectivity index (χ1) is 9.23. The quantitative estimate of drug-likeness (QED) is 0.750. The fraction of sp³-hybridized carbons (Fsp3) is 0.667. The summed E-state index contributed by atoms with van der Waals surface area (Å²) < 4.78 is 0. The molecule has 0 aromatic heterocycles. The normalized spacial score (nSPS) is 23.4. The Balaban J connectivity index is 2.75. The third-order valence-corrected chi connectivity index (χ3v) is 4.25. The number of carbonyl (C=O) groups excluding carboxylic acids is 2. The summed E-state index contributed by atoms with van der Waals surface area (Å²) in [4.78, 5) is 46.2. The van der Waals surface area contributed by atoms with Crippen LogP contribution in [-0.2, 0) is 19.2 Å². The molecule has 0 radical (unpaired) electrons. The molecular formula is C12H17NO6S. The predicted molar refractivity (Wildman–Crippen MR) is 71.2 cm³/mol. The largest absolute Gasteiger partial charge is 0.481 e. The Morgan fingerprint density at radius 1 is 1.25 bits per heavy atom. The fourth-order valence-electron chi connectivity index (χ4n) is 2.09. The van der Waals surface area contributed by atoms with E-state index in [-0.39, 0.29) is 23.8 Å². The van der Waals surface area contributed by atoms with Crippen LogP contribution in [0, 0.1) is 11.8 Å². The molecule has 1 aliphatic rings. The van der Waals surface area contributed by atoms with Gasteiger partial charge in [0.05, 0.1) is 5.92 Å². The number of hydrogen-bond acceptors (Lipinski definition) is 5. The zero-order chi connectivity index (χ0) is 15.4. The van der Waals surface area contributed by atoms with Crippen molar-refractivity contribution < 1.29 is 29.4 Å². The first kappa shape index (κ1) is 16.5. The number of carbonyl (C=O) groups is 4. The maximum Gasteiger partial charge on any atom is 0.326 e. The van der Waals surface area contributed by atoms with Gasteiger partial charge in [0, 0.05) is 25.1 Å². The summed E-state index contributed by atoms with van der Waals surface area (Å²) in [6, 6.07) is -1.10. The van der Waals surface area contributed by atoms with Crippen LogP contribution in [0.25, 0.3) is 0 Å². The maximum atomic E-state index is 12.2. The van der Waals surface area contributed by atoms with E-state index >= 15 is 0 Å². The van der Waals surface area contributed by atoms with Crippen molar-refractivity contribution in [3.8, 4) is 0 Å². The summed E-state index contributed by atoms with van der Waals surface area (Å²) >= 11 is 0.993. The minimum Gasteiger partial charge on any atom is -0.481 e. The molecule has 3 atom stereocenters. The number of nitrogens with zero attached hydrogens (tertiary/aromatic N) is 1. The monoisotopic (exact) mass is 303 g/mol. The third kappa shape index (κ3) is 3.96. The molecule has 1 amide bonds. The van der Waals surface area contributed by atoms with Crippen molar-refractivity contribution in [3.63, 3.8) is 0 Å². The van der Waals surface area contributed by atoms with Crippen LogP contribution in [0.4, 0.5) is 0 Å². The fourth-order valence-corrected chi connectivity index (χ4v) is 2.72. The van der Waals surface area contributed by atoms with E-state index in [1.54, 1.807) is 6.92 Å². The molecule has 0 saturated carbocycles. The lowest BCUT2D eigenvalue weighted by molar-refractivity contribution is -0.149. The Morgan fingerprint density at radius 2 is 1.85 bits per heavy atom. The van der Waals surface area contributed by atoms with E-state index in [1.165, 1.54) is 6.92 Å². The van der Waals surface area contributed by atoms with Gasteiger partial charge in [0.2, 0.25) is 5.91 Å². The minimum atomic E-state index is -1.20. The SMILES string of the molecule is CC(=O)SC[C@@H](C)C(=O)N1C[C@H](C(=O)O)C[C@H]1C(=O)O. The molecule has 8 heteroatoms. The molecule has 1 rings (SSSR count). The van der Waals surface area contributed by atoms with Gasteiger partial charge in [0.1, 0.15) is 6.04 Å². The van der Waals surface area contributed by atoms with Gasteiger partial charge in [-0.05, 0) is 6.42 Å². The van der Waals surface area contributed by atoms with Gasteiger partial charge in [-0.2, -0.15) is 0 Å². The van der Waals surface area contributed by atoms with Crippen molar-refractivity contribution in [2.75, 3.05) is 12.3 Å². The minimum absolute atomic E-state index is 0.0804. The van der Waals surface area contributed by atoms with Crippen LogP contribution in [0.2, 0.25) is 0 Å². The molecule has 1 fully saturated rings. The molecule has 1 aliphatic heterocycles. The van der Waals surface area contributed by atoms with Crippen molar-refractivity contribution in [2.24, 2.45) is 11.8 Å². The summed E-state index contributed by atoms with van der Waals surface area (Å²) in [6.07, 6.45) is -0.0804.